The zero-order valence-corrected chi connectivity index (χ0v) is 12.3. The van der Waals surface area contributed by atoms with Crippen molar-refractivity contribution in [3.8, 4) is 0 Å². The highest BCUT2D eigenvalue weighted by Gasteiger charge is 2.39. The summed E-state index contributed by atoms with van der Waals surface area (Å²) in [6.45, 7) is 10.6. The number of ether oxygens (including phenoxy) is 1. The van der Waals surface area contributed by atoms with Crippen LogP contribution in [0.5, 0.6) is 0 Å². The summed E-state index contributed by atoms with van der Waals surface area (Å²) in [5.74, 6) is 0.722. The van der Waals surface area contributed by atoms with Crippen LogP contribution in [0.3, 0.4) is 0 Å². The first kappa shape index (κ1) is 14.3. The second-order valence-corrected chi connectivity index (χ2v) is 7.47. The van der Waals surface area contributed by atoms with Gasteiger partial charge in [0.2, 0.25) is 0 Å². The summed E-state index contributed by atoms with van der Waals surface area (Å²) < 4.78 is 6.24. The lowest BCUT2D eigenvalue weighted by Crippen LogP contribution is -2.55. The second-order valence-electron chi connectivity index (χ2n) is 7.47. The third-order valence-corrected chi connectivity index (χ3v) is 4.53. The highest BCUT2D eigenvalue weighted by Crippen LogP contribution is 2.40. The molecule has 4 atom stereocenters. The number of hydrogen-bond donors (Lipinski definition) is 2. The summed E-state index contributed by atoms with van der Waals surface area (Å²) in [6.07, 6.45) is 4.56. The molecule has 2 N–H and O–H groups in total. The number of aliphatic hydroxyl groups is 1. The van der Waals surface area contributed by atoms with Gasteiger partial charge in [-0.3, -0.25) is 0 Å². The van der Waals surface area contributed by atoms with E-state index in [4.69, 9.17) is 4.74 Å². The molecule has 106 valence electrons. The number of rotatable bonds is 2. The van der Waals surface area contributed by atoms with Gasteiger partial charge in [-0.25, -0.2) is 0 Å². The van der Waals surface area contributed by atoms with Gasteiger partial charge in [-0.05, 0) is 50.5 Å². The van der Waals surface area contributed by atoms with Gasteiger partial charge >= 0.3 is 0 Å². The Labute approximate surface area is 111 Å². The SMILES string of the molecule is CC1CC(OC2CNCCC2(C)O)CC(C)(C)C1. The summed E-state index contributed by atoms with van der Waals surface area (Å²) in [4.78, 5) is 0. The van der Waals surface area contributed by atoms with Crippen molar-refractivity contribution in [2.24, 2.45) is 11.3 Å². The Balaban J connectivity index is 1.96. The first-order valence-electron chi connectivity index (χ1n) is 7.37. The quantitative estimate of drug-likeness (QED) is 0.796. The van der Waals surface area contributed by atoms with Crippen LogP contribution >= 0.6 is 0 Å². The molecule has 18 heavy (non-hydrogen) atoms. The number of piperidine rings is 1. The lowest BCUT2D eigenvalue weighted by atomic mass is 9.71. The molecule has 0 amide bonds. The summed E-state index contributed by atoms with van der Waals surface area (Å²) in [7, 11) is 0. The maximum Gasteiger partial charge on any atom is 0.0987 e. The topological polar surface area (TPSA) is 41.5 Å². The normalized spacial score (nSPS) is 44.8. The fraction of sp³-hybridized carbons (Fsp3) is 1.00. The maximum absolute atomic E-state index is 10.4. The van der Waals surface area contributed by atoms with Crippen LogP contribution in [-0.2, 0) is 4.74 Å². The van der Waals surface area contributed by atoms with Gasteiger partial charge in [0.1, 0.15) is 0 Å². The molecule has 4 unspecified atom stereocenters. The summed E-state index contributed by atoms with van der Waals surface area (Å²) in [5.41, 5.74) is -0.299. The highest BCUT2D eigenvalue weighted by molar-refractivity contribution is 4.92. The summed E-state index contributed by atoms with van der Waals surface area (Å²) in [5, 5.41) is 13.7. The van der Waals surface area contributed by atoms with Crippen LogP contribution in [0.4, 0.5) is 0 Å². The van der Waals surface area contributed by atoms with Crippen LogP contribution in [0.25, 0.3) is 0 Å². The number of hydrogen-bond acceptors (Lipinski definition) is 3. The monoisotopic (exact) mass is 255 g/mol. The van der Waals surface area contributed by atoms with Crippen molar-refractivity contribution in [1.82, 2.24) is 5.32 Å². The van der Waals surface area contributed by atoms with Crippen molar-refractivity contribution in [1.29, 1.82) is 0 Å². The average Bonchev–Trinajstić information content (AvgIpc) is 2.18. The smallest absolute Gasteiger partial charge is 0.0987 e. The Bertz CT molecular complexity index is 288. The molecule has 0 spiro atoms. The predicted molar refractivity (Wildman–Crippen MR) is 73.6 cm³/mol. The molecule has 1 saturated carbocycles. The average molecular weight is 255 g/mol. The Kier molecular flexibility index (Phi) is 4.05. The zero-order valence-electron chi connectivity index (χ0n) is 12.3. The molecule has 0 bridgehead atoms. The van der Waals surface area contributed by atoms with Gasteiger partial charge in [-0.15, -0.1) is 0 Å². The first-order valence-corrected chi connectivity index (χ1v) is 7.37. The molecular formula is C15H29NO2. The molecule has 0 aromatic carbocycles. The molecule has 0 radical (unpaired) electrons. The summed E-state index contributed by atoms with van der Waals surface area (Å²) in [6, 6.07) is 0. The molecule has 2 aliphatic rings. The molecule has 1 aliphatic heterocycles. The zero-order chi connectivity index (χ0) is 13.4. The van der Waals surface area contributed by atoms with Gasteiger partial charge in [0, 0.05) is 6.54 Å². The molecule has 2 rings (SSSR count). The van der Waals surface area contributed by atoms with E-state index in [1.807, 2.05) is 6.92 Å². The van der Waals surface area contributed by atoms with Crippen molar-refractivity contribution < 1.29 is 9.84 Å². The Morgan fingerprint density at radius 1 is 1.22 bits per heavy atom. The van der Waals surface area contributed by atoms with Crippen molar-refractivity contribution >= 4 is 0 Å². The lowest BCUT2D eigenvalue weighted by molar-refractivity contribution is -0.155. The Morgan fingerprint density at radius 3 is 2.56 bits per heavy atom. The fourth-order valence-corrected chi connectivity index (χ4v) is 3.74. The number of nitrogens with one attached hydrogen (secondary N) is 1. The van der Waals surface area contributed by atoms with Crippen molar-refractivity contribution in [3.63, 3.8) is 0 Å². The van der Waals surface area contributed by atoms with E-state index in [9.17, 15) is 5.11 Å². The van der Waals surface area contributed by atoms with Gasteiger partial charge < -0.3 is 15.2 Å². The van der Waals surface area contributed by atoms with Gasteiger partial charge in [0.15, 0.2) is 0 Å². The van der Waals surface area contributed by atoms with Gasteiger partial charge in [-0.2, -0.15) is 0 Å². The van der Waals surface area contributed by atoms with Crippen LogP contribution in [0.15, 0.2) is 0 Å². The molecule has 3 heteroatoms. The fourth-order valence-electron chi connectivity index (χ4n) is 3.74. The van der Waals surface area contributed by atoms with E-state index in [0.717, 1.165) is 38.3 Å². The minimum atomic E-state index is -0.671. The Hall–Kier alpha value is -0.120. The minimum absolute atomic E-state index is 0.0580. The van der Waals surface area contributed by atoms with E-state index in [-0.39, 0.29) is 6.10 Å². The molecule has 1 aliphatic carbocycles. The van der Waals surface area contributed by atoms with Crippen LogP contribution in [-0.4, -0.2) is 36.0 Å². The Morgan fingerprint density at radius 2 is 1.94 bits per heavy atom. The molecule has 2 fully saturated rings. The molecular weight excluding hydrogens is 226 g/mol. The molecule has 1 saturated heterocycles. The standard InChI is InChI=1S/C15H29NO2/c1-11-7-12(9-14(2,3)8-11)18-13-10-16-6-5-15(13,4)17/h11-13,16-17H,5-10H2,1-4H3. The van der Waals surface area contributed by atoms with Gasteiger partial charge in [0.25, 0.3) is 0 Å². The third kappa shape index (κ3) is 3.46. The predicted octanol–water partition coefficient (Wildman–Crippen LogP) is 2.33. The van der Waals surface area contributed by atoms with Crippen molar-refractivity contribution in [3.05, 3.63) is 0 Å². The highest BCUT2D eigenvalue weighted by atomic mass is 16.5. The molecule has 1 heterocycles. The van der Waals surface area contributed by atoms with E-state index >= 15 is 0 Å². The molecule has 0 aromatic heterocycles. The first-order chi connectivity index (χ1) is 8.28. The van der Waals surface area contributed by atoms with Gasteiger partial charge in [0.05, 0.1) is 17.8 Å². The summed E-state index contributed by atoms with van der Waals surface area (Å²) >= 11 is 0. The van der Waals surface area contributed by atoms with Crippen LogP contribution in [0.2, 0.25) is 0 Å². The molecule has 3 nitrogen and oxygen atoms in total. The van der Waals surface area contributed by atoms with E-state index < -0.39 is 5.60 Å². The van der Waals surface area contributed by atoms with Crippen LogP contribution in [0, 0.1) is 11.3 Å². The van der Waals surface area contributed by atoms with E-state index in [1.54, 1.807) is 0 Å². The van der Waals surface area contributed by atoms with Crippen molar-refractivity contribution in [2.45, 2.75) is 71.2 Å². The van der Waals surface area contributed by atoms with Crippen LogP contribution in [0.1, 0.15) is 53.4 Å². The largest absolute Gasteiger partial charge is 0.387 e. The minimum Gasteiger partial charge on any atom is -0.387 e. The third-order valence-electron chi connectivity index (χ3n) is 4.53. The van der Waals surface area contributed by atoms with Gasteiger partial charge in [-0.1, -0.05) is 20.8 Å². The second kappa shape index (κ2) is 5.10. The maximum atomic E-state index is 10.4. The lowest BCUT2D eigenvalue weighted by Gasteiger charge is -2.44. The van der Waals surface area contributed by atoms with E-state index in [0.29, 0.717) is 11.5 Å². The van der Waals surface area contributed by atoms with E-state index in [1.165, 1.54) is 6.42 Å². The van der Waals surface area contributed by atoms with Crippen LogP contribution < -0.4 is 5.32 Å². The molecule has 0 aromatic rings. The van der Waals surface area contributed by atoms with Crippen molar-refractivity contribution in [2.75, 3.05) is 13.1 Å². The van der Waals surface area contributed by atoms with E-state index in [2.05, 4.69) is 26.1 Å².